The van der Waals surface area contributed by atoms with Gasteiger partial charge in [-0.05, 0) is 55.3 Å². The smallest absolute Gasteiger partial charge is 0.324 e. The molecular formula is C21H18F5N3O2. The number of alkyl halides is 3. The molecule has 0 saturated heterocycles. The fourth-order valence-electron chi connectivity index (χ4n) is 3.09. The third-order valence-electron chi connectivity index (χ3n) is 4.84. The fourth-order valence-corrected chi connectivity index (χ4v) is 3.09. The van der Waals surface area contributed by atoms with Crippen LogP contribution >= 0.6 is 0 Å². The molecule has 1 unspecified atom stereocenters. The van der Waals surface area contributed by atoms with E-state index >= 15 is 0 Å². The topological polar surface area (TPSA) is 61.8 Å². The van der Waals surface area contributed by atoms with Crippen molar-refractivity contribution in [3.63, 3.8) is 0 Å². The van der Waals surface area contributed by atoms with Gasteiger partial charge in [0.1, 0.15) is 17.7 Å². The zero-order valence-corrected chi connectivity index (χ0v) is 16.6. The lowest BCUT2D eigenvalue weighted by atomic mass is 10.0. The molecule has 2 aromatic carbocycles. The molecule has 0 aliphatic carbocycles. The van der Waals surface area contributed by atoms with Gasteiger partial charge in [-0.2, -0.15) is 18.3 Å². The van der Waals surface area contributed by atoms with Crippen LogP contribution < -0.4 is 5.32 Å². The van der Waals surface area contributed by atoms with Crippen LogP contribution in [0.1, 0.15) is 36.5 Å². The molecule has 1 N–H and O–H groups in total. The lowest BCUT2D eigenvalue weighted by Gasteiger charge is -2.28. The largest absolute Gasteiger partial charge is 0.419 e. The molecule has 1 atom stereocenters. The van der Waals surface area contributed by atoms with E-state index in [1.165, 1.54) is 19.1 Å². The van der Waals surface area contributed by atoms with Crippen LogP contribution in [0.25, 0.3) is 0 Å². The maximum atomic E-state index is 13.7. The fraction of sp³-hybridized carbons (Fsp3) is 0.286. The van der Waals surface area contributed by atoms with Crippen LogP contribution in [0.3, 0.4) is 0 Å². The molecule has 10 heteroatoms. The molecule has 1 aliphatic heterocycles. The molecule has 0 radical (unpaired) electrons. The van der Waals surface area contributed by atoms with Gasteiger partial charge >= 0.3 is 6.18 Å². The molecule has 0 aromatic heterocycles. The highest BCUT2D eigenvalue weighted by atomic mass is 19.4. The van der Waals surface area contributed by atoms with Crippen molar-refractivity contribution >= 4 is 23.2 Å². The van der Waals surface area contributed by atoms with Gasteiger partial charge in [-0.1, -0.05) is 6.07 Å². The number of amides is 2. The number of nitrogens with one attached hydrogen (secondary N) is 1. The first kappa shape index (κ1) is 22.4. The lowest BCUT2D eigenvalue weighted by Crippen LogP contribution is -2.45. The molecule has 0 saturated carbocycles. The first-order valence-electron chi connectivity index (χ1n) is 9.31. The molecule has 0 fully saturated rings. The normalized spacial score (nSPS) is 15.5. The van der Waals surface area contributed by atoms with Gasteiger partial charge in [0.25, 0.3) is 0 Å². The highest BCUT2D eigenvalue weighted by Gasteiger charge is 2.34. The standard InChI is InChI=1S/C21H18F5N3O2/c1-11-9-13(3-6-16(11)22)18-7-8-19(30)29(28-18)12(2)20(31)27-14-4-5-15(17(23)10-14)21(24,25)26/h3-6,9-10,12H,7-8H2,1-2H3,(H,27,31). The van der Waals surface area contributed by atoms with E-state index in [1.807, 2.05) is 0 Å². The van der Waals surface area contributed by atoms with Crippen molar-refractivity contribution < 1.29 is 31.5 Å². The Bertz CT molecular complexity index is 1070. The highest BCUT2D eigenvalue weighted by Crippen LogP contribution is 2.32. The molecule has 5 nitrogen and oxygen atoms in total. The maximum absolute atomic E-state index is 13.7. The summed E-state index contributed by atoms with van der Waals surface area (Å²) in [7, 11) is 0. The molecule has 1 heterocycles. The van der Waals surface area contributed by atoms with Crippen LogP contribution in [0.5, 0.6) is 0 Å². The maximum Gasteiger partial charge on any atom is 0.419 e. The molecule has 2 amide bonds. The summed E-state index contributed by atoms with van der Waals surface area (Å²) in [5, 5.41) is 7.48. The number of rotatable bonds is 4. The van der Waals surface area contributed by atoms with Crippen molar-refractivity contribution in [2.45, 2.75) is 38.9 Å². The molecule has 1 aliphatic rings. The van der Waals surface area contributed by atoms with Gasteiger partial charge in [-0.3, -0.25) is 9.59 Å². The summed E-state index contributed by atoms with van der Waals surface area (Å²) in [6, 6.07) is 5.27. The molecule has 31 heavy (non-hydrogen) atoms. The molecule has 2 aromatic rings. The second kappa shape index (κ2) is 8.44. The van der Waals surface area contributed by atoms with Crippen molar-refractivity contribution in [2.24, 2.45) is 5.10 Å². The number of anilines is 1. The summed E-state index contributed by atoms with van der Waals surface area (Å²) in [6.45, 7) is 2.97. The summed E-state index contributed by atoms with van der Waals surface area (Å²) in [6.07, 6.45) is -4.48. The Balaban J connectivity index is 1.79. The number of halogens is 5. The highest BCUT2D eigenvalue weighted by molar-refractivity contribution is 6.05. The Morgan fingerprint density at radius 2 is 1.81 bits per heavy atom. The van der Waals surface area contributed by atoms with Crippen molar-refractivity contribution in [1.82, 2.24) is 5.01 Å². The van der Waals surface area contributed by atoms with Gasteiger partial charge in [-0.25, -0.2) is 13.8 Å². The number of hydrazone groups is 1. The van der Waals surface area contributed by atoms with Gasteiger partial charge < -0.3 is 5.32 Å². The third-order valence-corrected chi connectivity index (χ3v) is 4.84. The van der Waals surface area contributed by atoms with E-state index in [2.05, 4.69) is 10.4 Å². The van der Waals surface area contributed by atoms with Gasteiger partial charge in [0, 0.05) is 18.5 Å². The number of hydrogen-bond donors (Lipinski definition) is 1. The Labute approximate surface area is 174 Å². The van der Waals surface area contributed by atoms with Gasteiger partial charge in [0.05, 0.1) is 11.3 Å². The minimum absolute atomic E-state index is 0.0712. The number of aryl methyl sites for hydroxylation is 1. The van der Waals surface area contributed by atoms with Crippen molar-refractivity contribution in [1.29, 1.82) is 0 Å². The minimum Gasteiger partial charge on any atom is -0.324 e. The Hall–Kier alpha value is -3.30. The zero-order chi connectivity index (χ0) is 22.9. The van der Waals surface area contributed by atoms with Crippen LogP contribution in [0.4, 0.5) is 27.6 Å². The second-order valence-corrected chi connectivity index (χ2v) is 7.11. The first-order valence-corrected chi connectivity index (χ1v) is 9.31. The SMILES string of the molecule is Cc1cc(C2=NN(C(C)C(=O)Nc3ccc(C(F)(F)F)c(F)c3)C(=O)CC2)ccc1F. The van der Waals surface area contributed by atoms with E-state index in [0.717, 1.165) is 11.1 Å². The third kappa shape index (κ3) is 4.89. The molecule has 3 rings (SSSR count). The van der Waals surface area contributed by atoms with E-state index in [-0.39, 0.29) is 17.9 Å². The number of carbonyl (C=O) groups is 2. The number of carbonyl (C=O) groups excluding carboxylic acids is 2. The zero-order valence-electron chi connectivity index (χ0n) is 16.6. The average molecular weight is 439 g/mol. The van der Waals surface area contributed by atoms with Crippen LogP contribution in [0, 0.1) is 18.6 Å². The Morgan fingerprint density at radius 3 is 2.42 bits per heavy atom. The monoisotopic (exact) mass is 439 g/mol. The molecule has 164 valence electrons. The lowest BCUT2D eigenvalue weighted by molar-refractivity contribution is -0.140. The van der Waals surface area contributed by atoms with Crippen LogP contribution in [-0.2, 0) is 15.8 Å². The van der Waals surface area contributed by atoms with E-state index in [1.54, 1.807) is 13.0 Å². The molecule has 0 spiro atoms. The summed E-state index contributed by atoms with van der Waals surface area (Å²) < 4.78 is 65.3. The van der Waals surface area contributed by atoms with E-state index in [9.17, 15) is 31.5 Å². The predicted octanol–water partition coefficient (Wildman–Crippen LogP) is 4.65. The Kier molecular flexibility index (Phi) is 6.10. The van der Waals surface area contributed by atoms with Crippen LogP contribution in [0.15, 0.2) is 41.5 Å². The summed E-state index contributed by atoms with van der Waals surface area (Å²) >= 11 is 0. The molecule has 0 bridgehead atoms. The summed E-state index contributed by atoms with van der Waals surface area (Å²) in [5.41, 5.74) is -0.144. The number of benzene rings is 2. The Morgan fingerprint density at radius 1 is 1.10 bits per heavy atom. The van der Waals surface area contributed by atoms with Crippen molar-refractivity contribution in [3.8, 4) is 0 Å². The van der Waals surface area contributed by atoms with E-state index < -0.39 is 35.4 Å². The summed E-state index contributed by atoms with van der Waals surface area (Å²) in [4.78, 5) is 24.8. The summed E-state index contributed by atoms with van der Waals surface area (Å²) in [5.74, 6) is -3.10. The minimum atomic E-state index is -4.86. The number of hydrogen-bond acceptors (Lipinski definition) is 3. The second-order valence-electron chi connectivity index (χ2n) is 7.11. The van der Waals surface area contributed by atoms with Gasteiger partial charge in [0.15, 0.2) is 0 Å². The number of nitrogens with zero attached hydrogens (tertiary/aromatic N) is 2. The van der Waals surface area contributed by atoms with Crippen LogP contribution in [-0.4, -0.2) is 28.6 Å². The van der Waals surface area contributed by atoms with Gasteiger partial charge in [0.2, 0.25) is 11.8 Å². The van der Waals surface area contributed by atoms with Gasteiger partial charge in [-0.15, -0.1) is 0 Å². The first-order chi connectivity index (χ1) is 14.5. The van der Waals surface area contributed by atoms with E-state index in [4.69, 9.17) is 0 Å². The predicted molar refractivity (Wildman–Crippen MR) is 103 cm³/mol. The van der Waals surface area contributed by atoms with E-state index in [0.29, 0.717) is 35.4 Å². The average Bonchev–Trinajstić information content (AvgIpc) is 2.69. The molecular weight excluding hydrogens is 421 g/mol. The van der Waals surface area contributed by atoms with Crippen molar-refractivity contribution in [3.05, 3.63) is 64.7 Å². The quantitative estimate of drug-likeness (QED) is 0.706. The van der Waals surface area contributed by atoms with Crippen molar-refractivity contribution in [2.75, 3.05) is 5.32 Å². The van der Waals surface area contributed by atoms with Crippen LogP contribution in [0.2, 0.25) is 0 Å².